The first-order valence-corrected chi connectivity index (χ1v) is 8.38. The highest BCUT2D eigenvalue weighted by atomic mass is 16.3. The Morgan fingerprint density at radius 3 is 2.62 bits per heavy atom. The number of pyridine rings is 1. The molecule has 1 aliphatic rings. The van der Waals surface area contributed by atoms with E-state index >= 15 is 0 Å². The minimum Gasteiger partial charge on any atom is -0.383 e. The number of hydrogen-bond donors (Lipinski definition) is 1. The molecule has 1 fully saturated rings. The molecule has 0 bridgehead atoms. The summed E-state index contributed by atoms with van der Waals surface area (Å²) >= 11 is 0. The van der Waals surface area contributed by atoms with E-state index in [-0.39, 0.29) is 5.91 Å². The van der Waals surface area contributed by atoms with E-state index in [1.165, 1.54) is 0 Å². The van der Waals surface area contributed by atoms with Gasteiger partial charge in [0, 0.05) is 44.6 Å². The Morgan fingerprint density at radius 1 is 1.29 bits per heavy atom. The van der Waals surface area contributed by atoms with Gasteiger partial charge in [-0.1, -0.05) is 6.07 Å². The van der Waals surface area contributed by atoms with Crippen molar-refractivity contribution in [1.29, 1.82) is 0 Å². The molecule has 6 nitrogen and oxygen atoms in total. The second-order valence-corrected chi connectivity index (χ2v) is 6.58. The number of nitrogens with zero attached hydrogens (tertiary/aromatic N) is 4. The van der Waals surface area contributed by atoms with E-state index in [9.17, 15) is 9.90 Å². The van der Waals surface area contributed by atoms with Crippen molar-refractivity contribution in [2.75, 3.05) is 13.1 Å². The maximum Gasteiger partial charge on any atom is 0.222 e. The number of aryl methyl sites for hydroxylation is 3. The summed E-state index contributed by atoms with van der Waals surface area (Å²) in [6.07, 6.45) is 5.74. The number of rotatable bonds is 4. The van der Waals surface area contributed by atoms with Crippen LogP contribution in [0.25, 0.3) is 0 Å². The summed E-state index contributed by atoms with van der Waals surface area (Å²) in [5.74, 6) is 0.134. The Kier molecular flexibility index (Phi) is 4.66. The van der Waals surface area contributed by atoms with Crippen LogP contribution < -0.4 is 0 Å². The summed E-state index contributed by atoms with van der Waals surface area (Å²) < 4.78 is 1.80. The van der Waals surface area contributed by atoms with Gasteiger partial charge in [-0.15, -0.1) is 0 Å². The fourth-order valence-electron chi connectivity index (χ4n) is 3.16. The molecule has 6 heteroatoms. The molecule has 1 N–H and O–H groups in total. The molecule has 3 heterocycles. The van der Waals surface area contributed by atoms with Gasteiger partial charge in [-0.05, 0) is 43.9 Å². The predicted octanol–water partition coefficient (Wildman–Crippen LogP) is 1.57. The van der Waals surface area contributed by atoms with Crippen LogP contribution in [0, 0.1) is 6.92 Å². The SMILES string of the molecule is Cc1ccc(C2(O)CCN(C(=O)CCc3ccnn3C)CC2)nc1. The average Bonchev–Trinajstić information content (AvgIpc) is 2.99. The van der Waals surface area contributed by atoms with Crippen LogP contribution in [0.4, 0.5) is 0 Å². The highest BCUT2D eigenvalue weighted by molar-refractivity contribution is 5.76. The van der Waals surface area contributed by atoms with Gasteiger partial charge >= 0.3 is 0 Å². The molecule has 2 aromatic heterocycles. The zero-order valence-electron chi connectivity index (χ0n) is 14.3. The Hall–Kier alpha value is -2.21. The lowest BCUT2D eigenvalue weighted by atomic mass is 9.87. The van der Waals surface area contributed by atoms with Crippen LogP contribution in [0.3, 0.4) is 0 Å². The van der Waals surface area contributed by atoms with Crippen molar-refractivity contribution in [2.45, 2.75) is 38.2 Å². The number of amides is 1. The molecule has 3 rings (SSSR count). The fraction of sp³-hybridized carbons (Fsp3) is 0.500. The molecule has 128 valence electrons. The monoisotopic (exact) mass is 328 g/mol. The molecule has 0 aliphatic carbocycles. The summed E-state index contributed by atoms with van der Waals surface area (Å²) in [6, 6.07) is 5.78. The summed E-state index contributed by atoms with van der Waals surface area (Å²) in [4.78, 5) is 18.6. The topological polar surface area (TPSA) is 71.2 Å². The minimum absolute atomic E-state index is 0.134. The molecule has 2 aromatic rings. The van der Waals surface area contributed by atoms with E-state index in [2.05, 4.69) is 10.1 Å². The first kappa shape index (κ1) is 16.6. The third-order valence-corrected chi connectivity index (χ3v) is 4.85. The molecule has 0 atom stereocenters. The summed E-state index contributed by atoms with van der Waals surface area (Å²) in [5.41, 5.74) is 1.91. The first-order valence-electron chi connectivity index (χ1n) is 8.38. The van der Waals surface area contributed by atoms with E-state index < -0.39 is 5.60 Å². The Balaban J connectivity index is 1.55. The number of hydrogen-bond acceptors (Lipinski definition) is 4. The molecule has 24 heavy (non-hydrogen) atoms. The molecule has 0 radical (unpaired) electrons. The van der Waals surface area contributed by atoms with Crippen molar-refractivity contribution in [2.24, 2.45) is 7.05 Å². The van der Waals surface area contributed by atoms with Crippen LogP contribution in [-0.4, -0.2) is 43.8 Å². The van der Waals surface area contributed by atoms with E-state index in [1.807, 2.05) is 37.1 Å². The third-order valence-electron chi connectivity index (χ3n) is 4.85. The lowest BCUT2D eigenvalue weighted by Crippen LogP contribution is -2.45. The molecular formula is C18H24N4O2. The summed E-state index contributed by atoms with van der Waals surface area (Å²) in [6.45, 7) is 3.11. The summed E-state index contributed by atoms with van der Waals surface area (Å²) in [7, 11) is 1.88. The van der Waals surface area contributed by atoms with Gasteiger partial charge < -0.3 is 10.0 Å². The minimum atomic E-state index is -0.924. The molecule has 1 amide bonds. The van der Waals surface area contributed by atoms with Gasteiger partial charge in [-0.2, -0.15) is 5.10 Å². The van der Waals surface area contributed by atoms with E-state index in [0.29, 0.717) is 44.5 Å². The quantitative estimate of drug-likeness (QED) is 0.925. The molecular weight excluding hydrogens is 304 g/mol. The van der Waals surface area contributed by atoms with E-state index in [1.54, 1.807) is 17.1 Å². The van der Waals surface area contributed by atoms with Crippen molar-refractivity contribution < 1.29 is 9.90 Å². The largest absolute Gasteiger partial charge is 0.383 e. The van der Waals surface area contributed by atoms with Gasteiger partial charge in [0.15, 0.2) is 0 Å². The number of carbonyl (C=O) groups is 1. The van der Waals surface area contributed by atoms with Crippen molar-refractivity contribution in [1.82, 2.24) is 19.7 Å². The third kappa shape index (κ3) is 3.48. The summed E-state index contributed by atoms with van der Waals surface area (Å²) in [5, 5.41) is 15.0. The molecule has 1 saturated heterocycles. The van der Waals surface area contributed by atoms with Gasteiger partial charge in [0.25, 0.3) is 0 Å². The number of carbonyl (C=O) groups excluding carboxylic acids is 1. The van der Waals surface area contributed by atoms with Crippen LogP contribution in [0.5, 0.6) is 0 Å². The van der Waals surface area contributed by atoms with Crippen LogP contribution in [0.15, 0.2) is 30.6 Å². The normalized spacial score (nSPS) is 17.0. The Labute approximate surface area is 142 Å². The average molecular weight is 328 g/mol. The highest BCUT2D eigenvalue weighted by Crippen LogP contribution is 2.31. The van der Waals surface area contributed by atoms with Gasteiger partial charge in [0.05, 0.1) is 5.69 Å². The molecule has 1 aliphatic heterocycles. The maximum atomic E-state index is 12.4. The fourth-order valence-corrected chi connectivity index (χ4v) is 3.16. The molecule has 0 saturated carbocycles. The highest BCUT2D eigenvalue weighted by Gasteiger charge is 2.36. The van der Waals surface area contributed by atoms with Gasteiger partial charge in [0.1, 0.15) is 5.60 Å². The van der Waals surface area contributed by atoms with E-state index in [0.717, 1.165) is 11.3 Å². The Bertz CT molecular complexity index is 700. The van der Waals surface area contributed by atoms with Crippen molar-refractivity contribution in [3.05, 3.63) is 47.5 Å². The van der Waals surface area contributed by atoms with Crippen molar-refractivity contribution >= 4 is 5.91 Å². The van der Waals surface area contributed by atoms with Crippen LogP contribution in [0.2, 0.25) is 0 Å². The van der Waals surface area contributed by atoms with Crippen molar-refractivity contribution in [3.8, 4) is 0 Å². The predicted molar refractivity (Wildman–Crippen MR) is 90.2 cm³/mol. The number of piperidine rings is 1. The van der Waals surface area contributed by atoms with Gasteiger partial charge in [-0.3, -0.25) is 14.5 Å². The maximum absolute atomic E-state index is 12.4. The standard InChI is InChI=1S/C18H24N4O2/c1-14-3-5-16(19-13-14)18(24)8-11-22(12-9-18)17(23)6-4-15-7-10-20-21(15)2/h3,5,7,10,13,24H,4,6,8-9,11-12H2,1-2H3. The van der Waals surface area contributed by atoms with E-state index in [4.69, 9.17) is 0 Å². The van der Waals surface area contributed by atoms with Crippen LogP contribution in [0.1, 0.15) is 36.2 Å². The van der Waals surface area contributed by atoms with Gasteiger partial charge in [0.2, 0.25) is 5.91 Å². The second kappa shape index (κ2) is 6.73. The van der Waals surface area contributed by atoms with Gasteiger partial charge in [-0.25, -0.2) is 0 Å². The number of likely N-dealkylation sites (tertiary alicyclic amines) is 1. The lowest BCUT2D eigenvalue weighted by Gasteiger charge is -2.38. The molecule has 0 unspecified atom stereocenters. The smallest absolute Gasteiger partial charge is 0.222 e. The molecule has 0 aromatic carbocycles. The Morgan fingerprint density at radius 2 is 2.04 bits per heavy atom. The zero-order chi connectivity index (χ0) is 17.2. The van der Waals surface area contributed by atoms with Crippen molar-refractivity contribution in [3.63, 3.8) is 0 Å². The number of aromatic nitrogens is 3. The lowest BCUT2D eigenvalue weighted by molar-refractivity contribution is -0.135. The molecule has 0 spiro atoms. The first-order chi connectivity index (χ1) is 11.5. The van der Waals surface area contributed by atoms with Crippen LogP contribution in [-0.2, 0) is 23.9 Å². The number of aliphatic hydroxyl groups is 1. The van der Waals surface area contributed by atoms with Crippen LogP contribution >= 0.6 is 0 Å². The second-order valence-electron chi connectivity index (χ2n) is 6.58. The zero-order valence-corrected chi connectivity index (χ0v) is 14.3.